The van der Waals surface area contributed by atoms with Crippen LogP contribution in [0.15, 0.2) is 85.7 Å². The molecular weight excluding hydrogens is 440 g/mol. The Hall–Kier alpha value is -4.43. The molecule has 0 aliphatic carbocycles. The quantitative estimate of drug-likeness (QED) is 0.265. The SMILES string of the molecule is Fc1cccnc1.N#Cc1ncccc1F.NCc1ncccc1F.[O-][n+]1cccc(F)c1. The van der Waals surface area contributed by atoms with Gasteiger partial charge in [-0.15, -0.1) is 0 Å². The summed E-state index contributed by atoms with van der Waals surface area (Å²) >= 11 is 0. The van der Waals surface area contributed by atoms with Crippen LogP contribution in [0.3, 0.4) is 0 Å². The predicted octanol–water partition coefficient (Wildman–Crippen LogP) is 3.45. The van der Waals surface area contributed by atoms with Gasteiger partial charge in [-0.25, -0.2) is 22.5 Å². The summed E-state index contributed by atoms with van der Waals surface area (Å²) in [5.74, 6) is -1.70. The zero-order valence-electron chi connectivity index (χ0n) is 17.0. The van der Waals surface area contributed by atoms with E-state index < -0.39 is 11.6 Å². The molecule has 2 N–H and O–H groups in total. The maximum Gasteiger partial charge on any atom is 0.216 e. The zero-order valence-corrected chi connectivity index (χ0v) is 17.0. The Labute approximate surface area is 187 Å². The van der Waals surface area contributed by atoms with Crippen molar-refractivity contribution in [3.63, 3.8) is 0 Å². The molecule has 0 aliphatic rings. The molecule has 0 spiro atoms. The summed E-state index contributed by atoms with van der Waals surface area (Å²) in [5.41, 5.74) is 5.31. The lowest BCUT2D eigenvalue weighted by atomic mass is 10.3. The Morgan fingerprint density at radius 1 is 0.879 bits per heavy atom. The molecule has 4 rings (SSSR count). The molecule has 170 valence electrons. The lowest BCUT2D eigenvalue weighted by Gasteiger charge is -1.93. The van der Waals surface area contributed by atoms with Crippen molar-refractivity contribution in [3.8, 4) is 6.07 Å². The number of nitriles is 1. The number of aromatic nitrogens is 4. The highest BCUT2D eigenvalue weighted by Crippen LogP contribution is 1.99. The van der Waals surface area contributed by atoms with E-state index in [0.29, 0.717) is 10.4 Å². The molecule has 0 aliphatic heterocycles. The molecule has 0 radical (unpaired) electrons. The Kier molecular flexibility index (Phi) is 12.4. The van der Waals surface area contributed by atoms with Gasteiger partial charge < -0.3 is 10.9 Å². The van der Waals surface area contributed by atoms with E-state index in [4.69, 9.17) is 11.0 Å². The second-order valence-electron chi connectivity index (χ2n) is 5.63. The molecule has 0 saturated carbocycles. The Morgan fingerprint density at radius 2 is 1.52 bits per heavy atom. The highest BCUT2D eigenvalue weighted by atomic mass is 19.1. The summed E-state index contributed by atoms with van der Waals surface area (Å²) in [6.45, 7) is 0.159. The van der Waals surface area contributed by atoms with Gasteiger partial charge in [0, 0.05) is 31.2 Å². The minimum atomic E-state index is -0.569. The van der Waals surface area contributed by atoms with Crippen molar-refractivity contribution in [1.82, 2.24) is 15.0 Å². The van der Waals surface area contributed by atoms with E-state index in [9.17, 15) is 22.8 Å². The summed E-state index contributed by atoms with van der Waals surface area (Å²) in [7, 11) is 0. The number of pyridine rings is 4. The summed E-state index contributed by atoms with van der Waals surface area (Å²) < 4.78 is 49.0. The van der Waals surface area contributed by atoms with Crippen LogP contribution in [0.25, 0.3) is 0 Å². The third-order valence-corrected chi connectivity index (χ3v) is 3.26. The van der Waals surface area contributed by atoms with Crippen molar-refractivity contribution in [2.45, 2.75) is 6.54 Å². The molecule has 0 fully saturated rings. The summed E-state index contributed by atoms with van der Waals surface area (Å²) in [4.78, 5) is 10.7. The fourth-order valence-electron chi connectivity index (χ4n) is 1.81. The van der Waals surface area contributed by atoms with Crippen molar-refractivity contribution in [2.75, 3.05) is 0 Å². The highest BCUT2D eigenvalue weighted by molar-refractivity contribution is 5.20. The zero-order chi connectivity index (χ0) is 24.5. The Balaban J connectivity index is 0.000000221. The van der Waals surface area contributed by atoms with Crippen LogP contribution in [-0.2, 0) is 6.54 Å². The van der Waals surface area contributed by atoms with Crippen molar-refractivity contribution in [1.29, 1.82) is 5.26 Å². The van der Waals surface area contributed by atoms with Gasteiger partial charge in [0.25, 0.3) is 0 Å². The third kappa shape index (κ3) is 11.5. The number of nitrogens with zero attached hydrogens (tertiary/aromatic N) is 5. The molecule has 0 aromatic carbocycles. The van der Waals surface area contributed by atoms with E-state index >= 15 is 0 Å². The van der Waals surface area contributed by atoms with Crippen LogP contribution in [-0.4, -0.2) is 15.0 Å². The van der Waals surface area contributed by atoms with Crippen LogP contribution in [0.5, 0.6) is 0 Å². The maximum absolute atomic E-state index is 12.4. The first-order valence-electron chi connectivity index (χ1n) is 9.07. The minimum Gasteiger partial charge on any atom is -0.619 e. The molecule has 0 bridgehead atoms. The van der Waals surface area contributed by atoms with Gasteiger partial charge in [-0.3, -0.25) is 9.97 Å². The standard InChI is InChI=1S/C6H7FN2.C6H3FN2.C5H4FNO.C5H4FN/c2*7-5-2-1-3-9-6(5)4-8;6-5-2-1-3-7(8)4-5;6-5-2-1-3-7-4-5/h1-3H,4,8H2;1-3H;1-4H;1-4H. The van der Waals surface area contributed by atoms with Gasteiger partial charge in [-0.1, -0.05) is 0 Å². The van der Waals surface area contributed by atoms with E-state index in [2.05, 4.69) is 15.0 Å². The Morgan fingerprint density at radius 3 is 1.88 bits per heavy atom. The van der Waals surface area contributed by atoms with Crippen molar-refractivity contribution >= 4 is 0 Å². The van der Waals surface area contributed by atoms with Gasteiger partial charge in [0.15, 0.2) is 23.5 Å². The summed E-state index contributed by atoms with van der Waals surface area (Å²) in [5, 5.41) is 18.3. The Bertz CT molecular complexity index is 1120. The first-order valence-corrected chi connectivity index (χ1v) is 9.07. The number of rotatable bonds is 1. The topological polar surface area (TPSA) is 115 Å². The van der Waals surface area contributed by atoms with Gasteiger partial charge in [0.05, 0.1) is 11.9 Å². The second-order valence-corrected chi connectivity index (χ2v) is 5.63. The maximum atomic E-state index is 12.4. The molecule has 11 heteroatoms. The van der Waals surface area contributed by atoms with Crippen LogP contribution in [0.1, 0.15) is 11.4 Å². The van der Waals surface area contributed by atoms with Crippen molar-refractivity contribution in [2.24, 2.45) is 5.73 Å². The van der Waals surface area contributed by atoms with Gasteiger partial charge in [0.1, 0.15) is 17.7 Å². The average Bonchev–Trinajstić information content (AvgIpc) is 2.81. The van der Waals surface area contributed by atoms with E-state index in [1.165, 1.54) is 73.4 Å². The van der Waals surface area contributed by atoms with Crippen molar-refractivity contribution in [3.05, 3.63) is 126 Å². The van der Waals surface area contributed by atoms with E-state index in [1.807, 2.05) is 0 Å². The lowest BCUT2D eigenvalue weighted by Crippen LogP contribution is -2.24. The fraction of sp³-hybridized carbons (Fsp3) is 0.0455. The molecule has 4 aromatic rings. The van der Waals surface area contributed by atoms with Gasteiger partial charge in [-0.2, -0.15) is 9.99 Å². The smallest absolute Gasteiger partial charge is 0.216 e. The highest BCUT2D eigenvalue weighted by Gasteiger charge is 1.97. The number of halogens is 4. The van der Waals surface area contributed by atoms with Crippen molar-refractivity contribution < 1.29 is 22.3 Å². The van der Waals surface area contributed by atoms with E-state index in [0.717, 1.165) is 6.20 Å². The molecule has 4 aromatic heterocycles. The molecule has 7 nitrogen and oxygen atoms in total. The van der Waals surface area contributed by atoms with Crippen LogP contribution in [0.2, 0.25) is 0 Å². The van der Waals surface area contributed by atoms with Crippen LogP contribution in [0, 0.1) is 39.8 Å². The average molecular weight is 458 g/mol. The van der Waals surface area contributed by atoms with Gasteiger partial charge in [-0.05, 0) is 42.5 Å². The molecule has 4 heterocycles. The van der Waals surface area contributed by atoms with Gasteiger partial charge >= 0.3 is 0 Å². The molecule has 0 amide bonds. The predicted molar refractivity (Wildman–Crippen MR) is 111 cm³/mol. The summed E-state index contributed by atoms with van der Waals surface area (Å²) in [6.07, 6.45) is 7.68. The fourth-order valence-corrected chi connectivity index (χ4v) is 1.81. The second kappa shape index (κ2) is 15.4. The number of nitrogens with two attached hydrogens (primary N) is 1. The third-order valence-electron chi connectivity index (χ3n) is 3.26. The van der Waals surface area contributed by atoms with Gasteiger partial charge in [0.2, 0.25) is 6.20 Å². The van der Waals surface area contributed by atoms with Crippen LogP contribution in [0.4, 0.5) is 17.6 Å². The molecule has 0 atom stereocenters. The first-order chi connectivity index (χ1) is 15.9. The van der Waals surface area contributed by atoms with Crippen LogP contribution >= 0.6 is 0 Å². The summed E-state index contributed by atoms with van der Waals surface area (Å²) in [6, 6.07) is 12.6. The van der Waals surface area contributed by atoms with Crippen LogP contribution < -0.4 is 10.5 Å². The lowest BCUT2D eigenvalue weighted by molar-refractivity contribution is -0.607. The minimum absolute atomic E-state index is 0.155. The first kappa shape index (κ1) is 26.6. The number of hydrogen-bond acceptors (Lipinski definition) is 6. The molecule has 0 unspecified atom stereocenters. The normalized spacial score (nSPS) is 8.97. The monoisotopic (exact) mass is 458 g/mol. The number of hydrogen-bond donors (Lipinski definition) is 1. The largest absolute Gasteiger partial charge is 0.619 e. The molecule has 33 heavy (non-hydrogen) atoms. The molecular formula is C22H18F4N6O. The molecule has 0 saturated heterocycles. The van der Waals surface area contributed by atoms with E-state index in [1.54, 1.807) is 12.1 Å². The van der Waals surface area contributed by atoms with E-state index in [-0.39, 0.29) is 23.9 Å².